The van der Waals surface area contributed by atoms with Gasteiger partial charge in [0.05, 0.1) is 11.0 Å². The lowest BCUT2D eigenvalue weighted by Crippen LogP contribution is -2.44. The number of aliphatic carboxylic acids is 1. The number of aromatic nitrogens is 2. The van der Waals surface area contributed by atoms with Crippen LogP contribution < -0.4 is 15.5 Å². The Morgan fingerprint density at radius 2 is 1.94 bits per heavy atom. The van der Waals surface area contributed by atoms with E-state index < -0.39 is 12.0 Å². The van der Waals surface area contributed by atoms with E-state index in [1.807, 2.05) is 38.1 Å². The van der Waals surface area contributed by atoms with Crippen molar-refractivity contribution in [1.29, 1.82) is 0 Å². The summed E-state index contributed by atoms with van der Waals surface area (Å²) in [5, 5.41) is 14.8. The Bertz CT molecular complexity index is 941. The van der Waals surface area contributed by atoms with Crippen molar-refractivity contribution >= 4 is 34.9 Å². The maximum atomic E-state index is 12.5. The van der Waals surface area contributed by atoms with Crippen molar-refractivity contribution in [3.63, 3.8) is 0 Å². The van der Waals surface area contributed by atoms with Gasteiger partial charge in [-0.15, -0.1) is 0 Å². The molecule has 2 aromatic rings. The number of carboxylic acid groups (broad SMARTS) is 1. The number of hydrogen-bond donors (Lipinski definition) is 3. The fraction of sp³-hybridized carbons (Fsp3) is 0.545. The van der Waals surface area contributed by atoms with Gasteiger partial charge in [-0.1, -0.05) is 38.8 Å². The summed E-state index contributed by atoms with van der Waals surface area (Å²) in [7, 11) is 0. The number of anilines is 1. The zero-order valence-corrected chi connectivity index (χ0v) is 18.1. The van der Waals surface area contributed by atoms with Crippen molar-refractivity contribution in [2.45, 2.75) is 58.5 Å². The minimum atomic E-state index is -0.999. The van der Waals surface area contributed by atoms with Gasteiger partial charge in [0.25, 0.3) is 0 Å². The molecule has 0 bridgehead atoms. The lowest BCUT2D eigenvalue weighted by atomic mass is 9.99. The van der Waals surface area contributed by atoms with Crippen LogP contribution in [0.3, 0.4) is 0 Å². The lowest BCUT2D eigenvalue weighted by molar-refractivity contribution is -0.143. The Hall–Kier alpha value is -3.10. The number of para-hydroxylation sites is 2. The summed E-state index contributed by atoms with van der Waals surface area (Å²) >= 11 is 0. The second-order valence-electron chi connectivity index (χ2n) is 8.02. The van der Waals surface area contributed by atoms with Gasteiger partial charge in [0.2, 0.25) is 11.9 Å². The largest absolute Gasteiger partial charge is 0.480 e. The number of carboxylic acids is 1. The lowest BCUT2D eigenvalue weighted by Gasteiger charge is -2.20. The molecule has 1 aromatic carbocycles. The molecule has 1 aliphatic rings. The van der Waals surface area contributed by atoms with Crippen molar-refractivity contribution in [2.75, 3.05) is 18.0 Å². The quantitative estimate of drug-likeness (QED) is 0.502. The number of carbonyl (C=O) groups is 3. The Labute approximate surface area is 181 Å². The Kier molecular flexibility index (Phi) is 7.49. The average molecular weight is 430 g/mol. The standard InChI is InChI=1S/C22H31N5O4/c1-3-15(2)19(20(29)30)25-18(28)11-5-4-8-12-23-22(31)27-14-13-26-17-10-7-6-9-16(17)24-21(26)27/h6-7,9-10,15,19H,3-5,8,11-14H2,1-2H3,(H,23,31)(H,25,28)(H,29,30)/t15-,19+/m1/s1. The van der Waals surface area contributed by atoms with Crippen molar-refractivity contribution in [3.8, 4) is 0 Å². The van der Waals surface area contributed by atoms with Gasteiger partial charge >= 0.3 is 12.0 Å². The summed E-state index contributed by atoms with van der Waals surface area (Å²) in [6, 6.07) is 6.83. The molecule has 0 radical (unpaired) electrons. The summed E-state index contributed by atoms with van der Waals surface area (Å²) in [4.78, 5) is 42.1. The van der Waals surface area contributed by atoms with Crippen LogP contribution in [0.2, 0.25) is 0 Å². The molecule has 1 aromatic heterocycles. The molecule has 0 fully saturated rings. The van der Waals surface area contributed by atoms with Crippen molar-refractivity contribution < 1.29 is 19.5 Å². The number of benzene rings is 1. The van der Waals surface area contributed by atoms with Crippen LogP contribution in [0.15, 0.2) is 24.3 Å². The highest BCUT2D eigenvalue weighted by Crippen LogP contribution is 2.26. The van der Waals surface area contributed by atoms with E-state index in [1.54, 1.807) is 4.90 Å². The van der Waals surface area contributed by atoms with Gasteiger partial charge in [0.1, 0.15) is 6.04 Å². The number of rotatable bonds is 10. The third kappa shape index (κ3) is 5.34. The number of carbonyl (C=O) groups excluding carboxylic acids is 2. The zero-order chi connectivity index (χ0) is 22.4. The van der Waals surface area contributed by atoms with E-state index in [9.17, 15) is 19.5 Å². The predicted octanol–water partition coefficient (Wildman–Crippen LogP) is 2.74. The Balaban J connectivity index is 1.36. The third-order valence-corrected chi connectivity index (χ3v) is 5.82. The van der Waals surface area contributed by atoms with Crippen molar-refractivity contribution in [2.24, 2.45) is 5.92 Å². The van der Waals surface area contributed by atoms with Gasteiger partial charge in [0.15, 0.2) is 0 Å². The molecular weight excluding hydrogens is 398 g/mol. The molecule has 0 spiro atoms. The number of unbranched alkanes of at least 4 members (excludes halogenated alkanes) is 2. The number of imidazole rings is 1. The van der Waals surface area contributed by atoms with Gasteiger partial charge in [-0.2, -0.15) is 0 Å². The van der Waals surface area contributed by atoms with Crippen LogP contribution in [-0.2, 0) is 16.1 Å². The first-order valence-electron chi connectivity index (χ1n) is 10.9. The highest BCUT2D eigenvalue weighted by molar-refractivity contribution is 5.93. The summed E-state index contributed by atoms with van der Waals surface area (Å²) < 4.78 is 2.05. The third-order valence-electron chi connectivity index (χ3n) is 5.82. The number of fused-ring (bicyclic) bond motifs is 3. The Morgan fingerprint density at radius 3 is 2.68 bits per heavy atom. The first kappa shape index (κ1) is 22.6. The predicted molar refractivity (Wildman–Crippen MR) is 118 cm³/mol. The van der Waals surface area contributed by atoms with E-state index in [0.29, 0.717) is 31.9 Å². The molecule has 3 rings (SSSR count). The van der Waals surface area contributed by atoms with E-state index in [1.165, 1.54) is 0 Å². The number of urea groups is 1. The first-order valence-corrected chi connectivity index (χ1v) is 10.9. The maximum Gasteiger partial charge on any atom is 0.326 e. The van der Waals surface area contributed by atoms with Gasteiger partial charge < -0.3 is 20.3 Å². The average Bonchev–Trinajstić information content (AvgIpc) is 3.32. The minimum absolute atomic E-state index is 0.115. The van der Waals surface area contributed by atoms with E-state index in [0.717, 1.165) is 30.4 Å². The molecular formula is C22H31N5O4. The molecule has 3 N–H and O–H groups in total. The summed E-state index contributed by atoms with van der Waals surface area (Å²) in [6.07, 6.45) is 3.13. The van der Waals surface area contributed by atoms with Gasteiger partial charge in [-0.05, 0) is 30.9 Å². The number of nitrogens with one attached hydrogen (secondary N) is 2. The van der Waals surface area contributed by atoms with Gasteiger partial charge in [0, 0.05) is 26.1 Å². The maximum absolute atomic E-state index is 12.5. The molecule has 168 valence electrons. The molecule has 2 heterocycles. The van der Waals surface area contributed by atoms with Crippen LogP contribution in [0, 0.1) is 5.92 Å². The first-order chi connectivity index (χ1) is 14.9. The van der Waals surface area contributed by atoms with E-state index in [4.69, 9.17) is 0 Å². The van der Waals surface area contributed by atoms with Crippen molar-refractivity contribution in [1.82, 2.24) is 20.2 Å². The number of hydrogen-bond acceptors (Lipinski definition) is 4. The molecule has 0 unspecified atom stereocenters. The molecule has 0 aliphatic carbocycles. The topological polar surface area (TPSA) is 117 Å². The van der Waals surface area contributed by atoms with Crippen molar-refractivity contribution in [3.05, 3.63) is 24.3 Å². The van der Waals surface area contributed by atoms with Crippen LogP contribution in [-0.4, -0.2) is 51.7 Å². The molecule has 1 aliphatic heterocycles. The van der Waals surface area contributed by atoms with Crippen LogP contribution in [0.25, 0.3) is 11.0 Å². The highest BCUT2D eigenvalue weighted by atomic mass is 16.4. The van der Waals surface area contributed by atoms with Crippen LogP contribution in [0.5, 0.6) is 0 Å². The monoisotopic (exact) mass is 429 g/mol. The van der Waals surface area contributed by atoms with E-state index in [-0.39, 0.29) is 24.3 Å². The highest BCUT2D eigenvalue weighted by Gasteiger charge is 2.28. The fourth-order valence-electron chi connectivity index (χ4n) is 3.79. The smallest absolute Gasteiger partial charge is 0.326 e. The van der Waals surface area contributed by atoms with Gasteiger partial charge in [-0.3, -0.25) is 9.69 Å². The second-order valence-corrected chi connectivity index (χ2v) is 8.02. The molecule has 0 saturated heterocycles. The van der Waals surface area contributed by atoms with Crippen LogP contribution in [0.4, 0.5) is 10.7 Å². The molecule has 31 heavy (non-hydrogen) atoms. The summed E-state index contributed by atoms with van der Waals surface area (Å²) in [6.45, 7) is 5.56. The SMILES string of the molecule is CC[C@@H](C)[C@H](NC(=O)CCCCCNC(=O)N1CCn2c1nc1ccccc12)C(=O)O. The molecule has 9 nitrogen and oxygen atoms in total. The normalized spacial score (nSPS) is 14.8. The summed E-state index contributed by atoms with van der Waals surface area (Å²) in [5.74, 6) is -0.686. The summed E-state index contributed by atoms with van der Waals surface area (Å²) in [5.41, 5.74) is 1.91. The molecule has 2 atom stereocenters. The van der Waals surface area contributed by atoms with Crippen LogP contribution in [0.1, 0.15) is 46.0 Å². The molecule has 0 saturated carbocycles. The van der Waals surface area contributed by atoms with E-state index >= 15 is 0 Å². The second kappa shape index (κ2) is 10.3. The Morgan fingerprint density at radius 1 is 1.16 bits per heavy atom. The fourth-order valence-corrected chi connectivity index (χ4v) is 3.79. The zero-order valence-electron chi connectivity index (χ0n) is 18.1. The molecule has 9 heteroatoms. The number of amides is 3. The van der Waals surface area contributed by atoms with Gasteiger partial charge in [-0.25, -0.2) is 14.6 Å². The van der Waals surface area contributed by atoms with E-state index in [2.05, 4.69) is 20.2 Å². The van der Waals surface area contributed by atoms with Crippen LogP contribution >= 0.6 is 0 Å². The molecule has 3 amide bonds. The minimum Gasteiger partial charge on any atom is -0.480 e. The number of nitrogens with zero attached hydrogens (tertiary/aromatic N) is 3.